The first-order valence-electron chi connectivity index (χ1n) is 3.90. The maximum absolute atomic E-state index is 10.9. The Labute approximate surface area is 81.3 Å². The number of hydrogen-bond donors (Lipinski definition) is 3. The van der Waals surface area contributed by atoms with Crippen LogP contribution in [0.2, 0.25) is 0 Å². The minimum absolute atomic E-state index is 0.123. The number of ether oxygens (including phenoxy) is 1. The summed E-state index contributed by atoms with van der Waals surface area (Å²) in [5, 5.41) is 17.7. The van der Waals surface area contributed by atoms with Crippen LogP contribution in [0.15, 0.2) is 18.2 Å². The molecule has 0 fully saturated rings. The molecule has 14 heavy (non-hydrogen) atoms. The van der Waals surface area contributed by atoms with Crippen LogP contribution in [0.4, 0.5) is 0 Å². The summed E-state index contributed by atoms with van der Waals surface area (Å²) in [5.74, 6) is -0.369. The van der Waals surface area contributed by atoms with Crippen LogP contribution in [0, 0.1) is 0 Å². The van der Waals surface area contributed by atoms with Crippen molar-refractivity contribution in [3.8, 4) is 5.75 Å². The zero-order valence-electron chi connectivity index (χ0n) is 7.60. The van der Waals surface area contributed by atoms with E-state index in [1.807, 2.05) is 0 Å². The van der Waals surface area contributed by atoms with Crippen molar-refractivity contribution < 1.29 is 19.6 Å². The Bertz CT molecular complexity index is 353. The van der Waals surface area contributed by atoms with Gasteiger partial charge in [0.1, 0.15) is 5.75 Å². The molecule has 1 rings (SSSR count). The third-order valence-electron chi connectivity index (χ3n) is 1.79. The van der Waals surface area contributed by atoms with E-state index in [4.69, 9.17) is 20.5 Å². The monoisotopic (exact) mass is 195 g/mol. The number of amides is 1. The first-order chi connectivity index (χ1) is 6.56. The van der Waals surface area contributed by atoms with Crippen LogP contribution in [0.5, 0.6) is 5.75 Å². The number of benzene rings is 1. The molecule has 5 nitrogen and oxygen atoms in total. The number of carbonyl (C=O) groups excluding carboxylic acids is 1. The fourth-order valence-corrected chi connectivity index (χ4v) is 1.08. The number of methoxy groups -OCH3 is 1. The maximum atomic E-state index is 10.9. The van der Waals surface area contributed by atoms with Gasteiger partial charge in [0.2, 0.25) is 0 Å². The Kier molecular flexibility index (Phi) is 3.11. The lowest BCUT2D eigenvalue weighted by Gasteiger charge is -2.07. The van der Waals surface area contributed by atoms with E-state index in [0.717, 1.165) is 0 Å². The Morgan fingerprint density at radius 2 is 2.14 bits per heavy atom. The standard InChI is InChI=1S/C8H10BNO4/c1-14-7-3-2-5(9(12)13)4-6(7)8(10)11/h2-4,12-13H,1H3,(H2,10,11). The molecular weight excluding hydrogens is 185 g/mol. The van der Waals surface area contributed by atoms with Gasteiger partial charge < -0.3 is 20.5 Å². The van der Waals surface area contributed by atoms with Gasteiger partial charge in [-0.05, 0) is 17.6 Å². The van der Waals surface area contributed by atoms with Gasteiger partial charge in [0, 0.05) is 0 Å². The molecular formula is C8H10BNO4. The highest BCUT2D eigenvalue weighted by Crippen LogP contribution is 2.15. The fraction of sp³-hybridized carbons (Fsp3) is 0.125. The van der Waals surface area contributed by atoms with Gasteiger partial charge in [0.25, 0.3) is 5.91 Å². The second-order valence-electron chi connectivity index (χ2n) is 2.70. The van der Waals surface area contributed by atoms with E-state index in [2.05, 4.69) is 0 Å². The maximum Gasteiger partial charge on any atom is 0.488 e. The Balaban J connectivity index is 3.21. The van der Waals surface area contributed by atoms with Gasteiger partial charge in [-0.25, -0.2) is 0 Å². The topological polar surface area (TPSA) is 92.8 Å². The lowest BCUT2D eigenvalue weighted by Crippen LogP contribution is -2.31. The van der Waals surface area contributed by atoms with E-state index in [1.165, 1.54) is 25.3 Å². The average Bonchev–Trinajstić information content (AvgIpc) is 2.16. The summed E-state index contributed by atoms with van der Waals surface area (Å²) < 4.78 is 4.88. The minimum Gasteiger partial charge on any atom is -0.496 e. The van der Waals surface area contributed by atoms with Gasteiger partial charge in [-0.15, -0.1) is 0 Å². The predicted molar refractivity (Wildman–Crippen MR) is 51.3 cm³/mol. The highest BCUT2D eigenvalue weighted by atomic mass is 16.5. The summed E-state index contributed by atoms with van der Waals surface area (Å²) in [7, 11) is -0.226. The second-order valence-corrected chi connectivity index (χ2v) is 2.70. The first kappa shape index (κ1) is 10.6. The first-order valence-corrected chi connectivity index (χ1v) is 3.90. The van der Waals surface area contributed by atoms with Crippen LogP contribution < -0.4 is 15.9 Å². The van der Waals surface area contributed by atoms with Crippen molar-refractivity contribution in [1.82, 2.24) is 0 Å². The molecule has 0 spiro atoms. The smallest absolute Gasteiger partial charge is 0.488 e. The van der Waals surface area contributed by atoms with Gasteiger partial charge in [-0.1, -0.05) is 6.07 Å². The lowest BCUT2D eigenvalue weighted by atomic mass is 9.79. The Morgan fingerprint density at radius 3 is 2.57 bits per heavy atom. The molecule has 0 saturated heterocycles. The van der Waals surface area contributed by atoms with Crippen molar-refractivity contribution >= 4 is 18.5 Å². The fourth-order valence-electron chi connectivity index (χ4n) is 1.08. The summed E-state index contributed by atoms with van der Waals surface area (Å²) in [6.45, 7) is 0. The van der Waals surface area contributed by atoms with Crippen LogP contribution in [-0.4, -0.2) is 30.2 Å². The Hall–Kier alpha value is -1.53. The summed E-state index contributed by atoms with van der Waals surface area (Å²) in [6, 6.07) is 4.18. The molecule has 0 radical (unpaired) electrons. The van der Waals surface area contributed by atoms with E-state index in [1.54, 1.807) is 0 Å². The normalized spacial score (nSPS) is 9.64. The number of nitrogens with two attached hydrogens (primary N) is 1. The van der Waals surface area contributed by atoms with E-state index in [9.17, 15) is 4.79 Å². The molecule has 0 bridgehead atoms. The highest BCUT2D eigenvalue weighted by molar-refractivity contribution is 6.58. The highest BCUT2D eigenvalue weighted by Gasteiger charge is 2.16. The molecule has 0 unspecified atom stereocenters. The van der Waals surface area contributed by atoms with E-state index >= 15 is 0 Å². The molecule has 6 heteroatoms. The van der Waals surface area contributed by atoms with Crippen LogP contribution in [0.3, 0.4) is 0 Å². The van der Waals surface area contributed by atoms with Gasteiger partial charge in [-0.2, -0.15) is 0 Å². The third kappa shape index (κ3) is 2.04. The molecule has 74 valence electrons. The van der Waals surface area contributed by atoms with Gasteiger partial charge in [0.15, 0.2) is 0 Å². The van der Waals surface area contributed by atoms with Crippen molar-refractivity contribution in [1.29, 1.82) is 0 Å². The van der Waals surface area contributed by atoms with Crippen molar-refractivity contribution in [2.24, 2.45) is 5.73 Å². The molecule has 1 aromatic rings. The molecule has 0 aliphatic rings. The van der Waals surface area contributed by atoms with Crippen molar-refractivity contribution in [3.63, 3.8) is 0 Å². The third-order valence-corrected chi connectivity index (χ3v) is 1.79. The molecule has 1 amide bonds. The van der Waals surface area contributed by atoms with Crippen LogP contribution in [-0.2, 0) is 0 Å². The summed E-state index contributed by atoms with van der Waals surface area (Å²) >= 11 is 0. The largest absolute Gasteiger partial charge is 0.496 e. The van der Waals surface area contributed by atoms with Gasteiger partial charge in [0.05, 0.1) is 12.7 Å². The lowest BCUT2D eigenvalue weighted by molar-refractivity contribution is 0.0997. The second kappa shape index (κ2) is 4.12. The van der Waals surface area contributed by atoms with Crippen molar-refractivity contribution in [3.05, 3.63) is 23.8 Å². The number of carbonyl (C=O) groups is 1. The summed E-state index contributed by atoms with van der Waals surface area (Å²) in [6.07, 6.45) is 0. The minimum atomic E-state index is -1.63. The SMILES string of the molecule is COc1ccc(B(O)O)cc1C(N)=O. The molecule has 0 atom stereocenters. The summed E-state index contributed by atoms with van der Waals surface area (Å²) in [4.78, 5) is 10.9. The number of rotatable bonds is 3. The van der Waals surface area contributed by atoms with E-state index in [-0.39, 0.29) is 11.0 Å². The predicted octanol–water partition coefficient (Wildman–Crippen LogP) is -1.53. The quantitative estimate of drug-likeness (QED) is 0.510. The molecule has 0 saturated carbocycles. The zero-order valence-corrected chi connectivity index (χ0v) is 7.60. The molecule has 0 aliphatic heterocycles. The van der Waals surface area contributed by atoms with E-state index in [0.29, 0.717) is 5.75 Å². The average molecular weight is 195 g/mol. The summed E-state index contributed by atoms with van der Waals surface area (Å²) in [5.41, 5.74) is 5.39. The molecule has 0 heterocycles. The Morgan fingerprint density at radius 1 is 1.50 bits per heavy atom. The van der Waals surface area contributed by atoms with E-state index < -0.39 is 13.0 Å². The van der Waals surface area contributed by atoms with Crippen molar-refractivity contribution in [2.75, 3.05) is 7.11 Å². The molecule has 0 aromatic heterocycles. The number of hydrogen-bond acceptors (Lipinski definition) is 4. The molecule has 4 N–H and O–H groups in total. The molecule has 0 aliphatic carbocycles. The zero-order chi connectivity index (χ0) is 10.7. The number of primary amides is 1. The molecule has 1 aromatic carbocycles. The van der Waals surface area contributed by atoms with Gasteiger partial charge >= 0.3 is 7.12 Å². The van der Waals surface area contributed by atoms with Crippen LogP contribution in [0.1, 0.15) is 10.4 Å². The van der Waals surface area contributed by atoms with Crippen LogP contribution in [0.25, 0.3) is 0 Å². The van der Waals surface area contributed by atoms with Crippen LogP contribution >= 0.6 is 0 Å². The van der Waals surface area contributed by atoms with Crippen molar-refractivity contribution in [2.45, 2.75) is 0 Å². The van der Waals surface area contributed by atoms with Gasteiger partial charge in [-0.3, -0.25) is 4.79 Å².